The molecule has 0 heterocycles. The van der Waals surface area contributed by atoms with Crippen LogP contribution in [0.5, 0.6) is 11.5 Å². The third-order valence-electron chi connectivity index (χ3n) is 3.11. The second-order valence-electron chi connectivity index (χ2n) is 5.35. The van der Waals surface area contributed by atoms with Crippen molar-refractivity contribution < 1.29 is 13.7 Å². The van der Waals surface area contributed by atoms with E-state index in [1.165, 1.54) is 0 Å². The predicted octanol–water partition coefficient (Wildman–Crippen LogP) is 3.93. The van der Waals surface area contributed by atoms with E-state index in [2.05, 4.69) is 0 Å². The van der Waals surface area contributed by atoms with Crippen LogP contribution in [0.1, 0.15) is 25.0 Å². The Kier molecular flexibility index (Phi) is 6.01. The number of benzene rings is 2. The van der Waals surface area contributed by atoms with Crippen molar-refractivity contribution in [3.05, 3.63) is 59.7 Å². The number of hydrogen-bond donors (Lipinski definition) is 0. The molecular formula is C18H22O3S. The minimum absolute atomic E-state index is 0.105. The average molecular weight is 318 g/mol. The molecule has 0 radical (unpaired) electrons. The topological polar surface area (TPSA) is 35.5 Å². The first-order chi connectivity index (χ1) is 10.6. The first-order valence-electron chi connectivity index (χ1n) is 7.31. The molecule has 0 aliphatic carbocycles. The Balaban J connectivity index is 2.05. The molecule has 0 aliphatic heterocycles. The molecule has 0 spiro atoms. The van der Waals surface area contributed by atoms with Gasteiger partial charge >= 0.3 is 0 Å². The van der Waals surface area contributed by atoms with Gasteiger partial charge in [0.2, 0.25) is 0 Å². The van der Waals surface area contributed by atoms with Gasteiger partial charge in [0.05, 0.1) is 19.0 Å². The maximum Gasteiger partial charge on any atom is 0.123 e. The summed E-state index contributed by atoms with van der Waals surface area (Å²) in [7, 11) is 0.642. The van der Waals surface area contributed by atoms with Crippen molar-refractivity contribution in [2.24, 2.45) is 0 Å². The highest BCUT2D eigenvalue weighted by molar-refractivity contribution is 7.83. The van der Waals surface area contributed by atoms with Crippen LogP contribution in [0.2, 0.25) is 0 Å². The first-order valence-corrected chi connectivity index (χ1v) is 8.79. The van der Waals surface area contributed by atoms with Crippen molar-refractivity contribution in [2.75, 3.05) is 7.11 Å². The van der Waals surface area contributed by atoms with E-state index in [0.29, 0.717) is 11.5 Å². The van der Waals surface area contributed by atoms with Crippen molar-refractivity contribution in [1.29, 1.82) is 0 Å². The standard InChI is InChI=1S/C18H22O3S/c1-14(2)21-18-10-5-4-8-16(18)13-22(19)12-15-7-6-9-17(11-15)20-3/h4-11,14H,12-13H2,1-3H3. The van der Waals surface area contributed by atoms with Crippen molar-refractivity contribution >= 4 is 10.8 Å². The second-order valence-corrected chi connectivity index (χ2v) is 6.81. The fourth-order valence-corrected chi connectivity index (χ4v) is 3.40. The van der Waals surface area contributed by atoms with Crippen LogP contribution < -0.4 is 9.47 Å². The van der Waals surface area contributed by atoms with Crippen LogP contribution in [0.25, 0.3) is 0 Å². The molecule has 4 heteroatoms. The van der Waals surface area contributed by atoms with Crippen LogP contribution in [0.4, 0.5) is 0 Å². The Bertz CT molecular complexity index is 638. The zero-order chi connectivity index (χ0) is 15.9. The van der Waals surface area contributed by atoms with Crippen LogP contribution in [-0.4, -0.2) is 17.4 Å². The van der Waals surface area contributed by atoms with Crippen LogP contribution in [-0.2, 0) is 22.3 Å². The number of hydrogen-bond acceptors (Lipinski definition) is 3. The Morgan fingerprint density at radius 1 is 1.05 bits per heavy atom. The Hall–Kier alpha value is -1.81. The molecule has 0 saturated heterocycles. The number of para-hydroxylation sites is 1. The minimum atomic E-state index is -0.993. The zero-order valence-corrected chi connectivity index (χ0v) is 14.1. The molecule has 0 saturated carbocycles. The lowest BCUT2D eigenvalue weighted by Crippen LogP contribution is -2.08. The van der Waals surface area contributed by atoms with E-state index in [-0.39, 0.29) is 6.10 Å². The molecule has 0 aromatic heterocycles. The number of rotatable bonds is 7. The highest BCUT2D eigenvalue weighted by atomic mass is 32.2. The Morgan fingerprint density at radius 3 is 2.55 bits per heavy atom. The lowest BCUT2D eigenvalue weighted by Gasteiger charge is -2.14. The maximum absolute atomic E-state index is 12.4. The van der Waals surface area contributed by atoms with Gasteiger partial charge in [0.1, 0.15) is 11.5 Å². The van der Waals surface area contributed by atoms with E-state index in [4.69, 9.17) is 9.47 Å². The highest BCUT2D eigenvalue weighted by Gasteiger charge is 2.10. The molecule has 3 nitrogen and oxygen atoms in total. The third-order valence-corrected chi connectivity index (χ3v) is 4.40. The summed E-state index contributed by atoms with van der Waals surface area (Å²) >= 11 is 0. The molecule has 2 aromatic rings. The van der Waals surface area contributed by atoms with E-state index >= 15 is 0 Å². The number of methoxy groups -OCH3 is 1. The molecule has 22 heavy (non-hydrogen) atoms. The van der Waals surface area contributed by atoms with Gasteiger partial charge in [0.25, 0.3) is 0 Å². The average Bonchev–Trinajstić information content (AvgIpc) is 2.49. The summed E-state index contributed by atoms with van der Waals surface area (Å²) in [4.78, 5) is 0. The molecule has 2 aromatic carbocycles. The van der Waals surface area contributed by atoms with Gasteiger partial charge in [-0.05, 0) is 37.6 Å². The normalized spacial score (nSPS) is 12.2. The molecule has 0 aliphatic rings. The van der Waals surface area contributed by atoms with E-state index in [9.17, 15) is 4.21 Å². The summed E-state index contributed by atoms with van der Waals surface area (Å²) in [6, 6.07) is 15.5. The van der Waals surface area contributed by atoms with Gasteiger partial charge in [-0.25, -0.2) is 0 Å². The van der Waals surface area contributed by atoms with Crippen molar-refractivity contribution in [3.63, 3.8) is 0 Å². The van der Waals surface area contributed by atoms with Gasteiger partial charge in [0.15, 0.2) is 0 Å². The summed E-state index contributed by atoms with van der Waals surface area (Å²) in [5.74, 6) is 2.60. The van der Waals surface area contributed by atoms with Gasteiger partial charge in [-0.2, -0.15) is 0 Å². The minimum Gasteiger partial charge on any atom is -0.497 e. The van der Waals surface area contributed by atoms with Gasteiger partial charge in [-0.15, -0.1) is 0 Å². The van der Waals surface area contributed by atoms with Gasteiger partial charge < -0.3 is 9.47 Å². The molecule has 118 valence electrons. The van der Waals surface area contributed by atoms with E-state index in [1.807, 2.05) is 62.4 Å². The largest absolute Gasteiger partial charge is 0.497 e. The predicted molar refractivity (Wildman–Crippen MR) is 90.8 cm³/mol. The third kappa shape index (κ3) is 4.88. The van der Waals surface area contributed by atoms with Gasteiger partial charge in [-0.1, -0.05) is 30.3 Å². The smallest absolute Gasteiger partial charge is 0.123 e. The summed E-state index contributed by atoms with van der Waals surface area (Å²) in [5, 5.41) is 0. The summed E-state index contributed by atoms with van der Waals surface area (Å²) < 4.78 is 23.4. The number of ether oxygens (including phenoxy) is 2. The van der Waals surface area contributed by atoms with Crippen LogP contribution in [0.15, 0.2) is 48.5 Å². The summed E-state index contributed by atoms with van der Waals surface area (Å²) in [6.45, 7) is 3.98. The maximum atomic E-state index is 12.4. The molecule has 1 atom stereocenters. The monoisotopic (exact) mass is 318 g/mol. The second kappa shape index (κ2) is 7.99. The van der Waals surface area contributed by atoms with Crippen LogP contribution in [0.3, 0.4) is 0 Å². The first kappa shape index (κ1) is 16.6. The van der Waals surface area contributed by atoms with Crippen LogP contribution >= 0.6 is 0 Å². The lowest BCUT2D eigenvalue weighted by molar-refractivity contribution is 0.240. The molecule has 0 amide bonds. The molecule has 0 fully saturated rings. The quantitative estimate of drug-likeness (QED) is 0.776. The van der Waals surface area contributed by atoms with E-state index in [0.717, 1.165) is 22.6 Å². The summed E-state index contributed by atoms with van der Waals surface area (Å²) in [5.41, 5.74) is 2.00. The van der Waals surface area contributed by atoms with Gasteiger partial charge in [0, 0.05) is 22.1 Å². The van der Waals surface area contributed by atoms with Crippen molar-refractivity contribution in [3.8, 4) is 11.5 Å². The van der Waals surface area contributed by atoms with E-state index in [1.54, 1.807) is 7.11 Å². The van der Waals surface area contributed by atoms with Crippen molar-refractivity contribution in [1.82, 2.24) is 0 Å². The van der Waals surface area contributed by atoms with Crippen LogP contribution in [0, 0.1) is 0 Å². The Labute approximate surface area is 134 Å². The molecule has 2 rings (SSSR count). The van der Waals surface area contributed by atoms with Crippen molar-refractivity contribution in [2.45, 2.75) is 31.5 Å². The highest BCUT2D eigenvalue weighted by Crippen LogP contribution is 2.22. The summed E-state index contributed by atoms with van der Waals surface area (Å²) in [6.07, 6.45) is 0.105. The molecule has 1 unspecified atom stereocenters. The molecule has 0 bridgehead atoms. The fraction of sp³-hybridized carbons (Fsp3) is 0.333. The SMILES string of the molecule is COc1cccc(CS(=O)Cc2ccccc2OC(C)C)c1. The van der Waals surface area contributed by atoms with Gasteiger partial charge in [-0.3, -0.25) is 4.21 Å². The Morgan fingerprint density at radius 2 is 1.82 bits per heavy atom. The van der Waals surface area contributed by atoms with E-state index < -0.39 is 10.8 Å². The zero-order valence-electron chi connectivity index (χ0n) is 13.2. The molecular weight excluding hydrogens is 296 g/mol. The lowest BCUT2D eigenvalue weighted by atomic mass is 10.2. The molecule has 0 N–H and O–H groups in total. The fourth-order valence-electron chi connectivity index (χ4n) is 2.16.